The summed E-state index contributed by atoms with van der Waals surface area (Å²) in [4.78, 5) is 15.4. The zero-order valence-electron chi connectivity index (χ0n) is 14.0. The Morgan fingerprint density at radius 2 is 2.09 bits per heavy atom. The third kappa shape index (κ3) is 5.37. The van der Waals surface area contributed by atoms with Crippen LogP contribution in [-0.4, -0.2) is 38.1 Å². The van der Waals surface area contributed by atoms with Crippen molar-refractivity contribution >= 4 is 17.2 Å². The molecule has 23 heavy (non-hydrogen) atoms. The SMILES string of the molecule is COc1ccccc1CCNC(=O)CN(C)Cc1sccc1C. The van der Waals surface area contributed by atoms with E-state index < -0.39 is 0 Å². The number of thiophene rings is 1. The molecule has 0 aliphatic heterocycles. The number of carbonyl (C=O) groups excluding carboxylic acids is 1. The molecule has 0 saturated heterocycles. The van der Waals surface area contributed by atoms with Gasteiger partial charge in [-0.3, -0.25) is 9.69 Å². The molecule has 0 fully saturated rings. The first-order valence-corrected chi connectivity index (χ1v) is 8.58. The van der Waals surface area contributed by atoms with Crippen LogP contribution in [0.5, 0.6) is 5.75 Å². The Bertz CT molecular complexity index is 639. The second-order valence-corrected chi connectivity index (χ2v) is 6.61. The summed E-state index contributed by atoms with van der Waals surface area (Å²) < 4.78 is 5.32. The fraction of sp³-hybridized carbons (Fsp3) is 0.389. The third-order valence-corrected chi connectivity index (χ3v) is 4.71. The van der Waals surface area contributed by atoms with E-state index in [-0.39, 0.29) is 5.91 Å². The molecule has 2 aromatic rings. The van der Waals surface area contributed by atoms with Gasteiger partial charge in [0.2, 0.25) is 5.91 Å². The van der Waals surface area contributed by atoms with Crippen LogP contribution in [0.4, 0.5) is 0 Å². The summed E-state index contributed by atoms with van der Waals surface area (Å²) in [7, 11) is 3.64. The summed E-state index contributed by atoms with van der Waals surface area (Å²) in [5.41, 5.74) is 2.40. The minimum Gasteiger partial charge on any atom is -0.496 e. The molecule has 4 nitrogen and oxygen atoms in total. The van der Waals surface area contributed by atoms with E-state index in [0.29, 0.717) is 13.1 Å². The van der Waals surface area contributed by atoms with E-state index in [9.17, 15) is 4.79 Å². The number of methoxy groups -OCH3 is 1. The van der Waals surface area contributed by atoms with Gasteiger partial charge in [-0.1, -0.05) is 18.2 Å². The highest BCUT2D eigenvalue weighted by Crippen LogP contribution is 2.18. The highest BCUT2D eigenvalue weighted by Gasteiger charge is 2.09. The van der Waals surface area contributed by atoms with Gasteiger partial charge < -0.3 is 10.1 Å². The van der Waals surface area contributed by atoms with Crippen LogP contribution in [0.2, 0.25) is 0 Å². The van der Waals surface area contributed by atoms with E-state index in [4.69, 9.17) is 4.74 Å². The molecule has 0 spiro atoms. The molecule has 124 valence electrons. The Balaban J connectivity index is 1.73. The summed E-state index contributed by atoms with van der Waals surface area (Å²) in [5.74, 6) is 0.920. The van der Waals surface area contributed by atoms with Crippen LogP contribution in [0.3, 0.4) is 0 Å². The number of para-hydroxylation sites is 1. The summed E-state index contributed by atoms with van der Waals surface area (Å²) >= 11 is 1.74. The molecular weight excluding hydrogens is 308 g/mol. The van der Waals surface area contributed by atoms with E-state index in [0.717, 1.165) is 24.3 Å². The highest BCUT2D eigenvalue weighted by molar-refractivity contribution is 7.10. The van der Waals surface area contributed by atoms with Gasteiger partial charge in [0.15, 0.2) is 0 Å². The van der Waals surface area contributed by atoms with Crippen LogP contribution in [0.15, 0.2) is 35.7 Å². The molecule has 0 atom stereocenters. The molecule has 1 aromatic heterocycles. The zero-order valence-corrected chi connectivity index (χ0v) is 14.8. The maximum absolute atomic E-state index is 12.0. The van der Waals surface area contributed by atoms with E-state index in [2.05, 4.69) is 23.7 Å². The van der Waals surface area contributed by atoms with Crippen molar-refractivity contribution in [1.29, 1.82) is 0 Å². The molecule has 5 heteroatoms. The normalized spacial score (nSPS) is 10.8. The molecule has 1 N–H and O–H groups in total. The first kappa shape index (κ1) is 17.5. The molecule has 1 aromatic carbocycles. The van der Waals surface area contributed by atoms with E-state index in [1.807, 2.05) is 36.2 Å². The van der Waals surface area contributed by atoms with Gasteiger partial charge in [-0.25, -0.2) is 0 Å². The molecule has 1 amide bonds. The lowest BCUT2D eigenvalue weighted by Crippen LogP contribution is -2.35. The first-order chi connectivity index (χ1) is 11.1. The number of amides is 1. The highest BCUT2D eigenvalue weighted by atomic mass is 32.1. The molecule has 0 aliphatic carbocycles. The number of nitrogens with zero attached hydrogens (tertiary/aromatic N) is 1. The topological polar surface area (TPSA) is 41.6 Å². The predicted octanol–water partition coefficient (Wildman–Crippen LogP) is 2.86. The average Bonchev–Trinajstić information content (AvgIpc) is 2.92. The Hall–Kier alpha value is -1.85. The summed E-state index contributed by atoms with van der Waals surface area (Å²) in [5, 5.41) is 5.06. The van der Waals surface area contributed by atoms with Crippen molar-refractivity contribution < 1.29 is 9.53 Å². The quantitative estimate of drug-likeness (QED) is 0.808. The van der Waals surface area contributed by atoms with Crippen molar-refractivity contribution in [1.82, 2.24) is 10.2 Å². The van der Waals surface area contributed by atoms with Gasteiger partial charge in [-0.15, -0.1) is 11.3 Å². The van der Waals surface area contributed by atoms with Crippen LogP contribution in [-0.2, 0) is 17.8 Å². The summed E-state index contributed by atoms with van der Waals surface area (Å²) in [6.45, 7) is 3.94. The largest absolute Gasteiger partial charge is 0.496 e. The predicted molar refractivity (Wildman–Crippen MR) is 95.1 cm³/mol. The lowest BCUT2D eigenvalue weighted by Gasteiger charge is -2.16. The number of carbonyl (C=O) groups is 1. The lowest BCUT2D eigenvalue weighted by atomic mass is 10.1. The minimum absolute atomic E-state index is 0.0524. The molecule has 2 rings (SSSR count). The van der Waals surface area contributed by atoms with Crippen molar-refractivity contribution in [3.63, 3.8) is 0 Å². The second kappa shape index (κ2) is 8.70. The maximum Gasteiger partial charge on any atom is 0.234 e. The lowest BCUT2D eigenvalue weighted by molar-refractivity contribution is -0.122. The standard InChI is InChI=1S/C18H24N2O2S/c1-14-9-11-23-17(14)12-20(2)13-18(21)19-10-8-15-6-4-5-7-16(15)22-3/h4-7,9,11H,8,10,12-13H2,1-3H3,(H,19,21). The number of nitrogens with one attached hydrogen (secondary N) is 1. The second-order valence-electron chi connectivity index (χ2n) is 5.61. The Morgan fingerprint density at radius 3 is 2.78 bits per heavy atom. The Kier molecular flexibility index (Phi) is 6.62. The summed E-state index contributed by atoms with van der Waals surface area (Å²) in [6, 6.07) is 10.0. The van der Waals surface area contributed by atoms with Crippen molar-refractivity contribution in [3.8, 4) is 5.75 Å². The van der Waals surface area contributed by atoms with E-state index >= 15 is 0 Å². The van der Waals surface area contributed by atoms with Crippen molar-refractivity contribution in [2.45, 2.75) is 19.9 Å². The maximum atomic E-state index is 12.0. The van der Waals surface area contributed by atoms with Crippen LogP contribution in [0.1, 0.15) is 16.0 Å². The Morgan fingerprint density at radius 1 is 1.30 bits per heavy atom. The van der Waals surface area contributed by atoms with Gasteiger partial charge >= 0.3 is 0 Å². The van der Waals surface area contributed by atoms with Crippen molar-refractivity contribution in [2.75, 3.05) is 27.2 Å². The number of hydrogen-bond acceptors (Lipinski definition) is 4. The summed E-state index contributed by atoms with van der Waals surface area (Å²) in [6.07, 6.45) is 0.767. The fourth-order valence-corrected chi connectivity index (χ4v) is 3.40. The third-order valence-electron chi connectivity index (χ3n) is 3.70. The van der Waals surface area contributed by atoms with Gasteiger partial charge in [0, 0.05) is 18.0 Å². The van der Waals surface area contributed by atoms with Crippen molar-refractivity contribution in [2.24, 2.45) is 0 Å². The van der Waals surface area contributed by atoms with Crippen LogP contribution in [0.25, 0.3) is 0 Å². The molecule has 0 radical (unpaired) electrons. The number of ether oxygens (including phenoxy) is 1. The number of likely N-dealkylation sites (N-methyl/N-ethyl adjacent to an activating group) is 1. The van der Waals surface area contributed by atoms with E-state index in [1.54, 1.807) is 18.4 Å². The zero-order chi connectivity index (χ0) is 16.7. The molecule has 1 heterocycles. The first-order valence-electron chi connectivity index (χ1n) is 7.70. The average molecular weight is 332 g/mol. The van der Waals surface area contributed by atoms with Gasteiger partial charge in [0.1, 0.15) is 5.75 Å². The molecular formula is C18H24N2O2S. The molecule has 0 unspecified atom stereocenters. The van der Waals surface area contributed by atoms with Crippen LogP contribution >= 0.6 is 11.3 Å². The smallest absolute Gasteiger partial charge is 0.234 e. The molecule has 0 aliphatic rings. The number of aryl methyl sites for hydroxylation is 1. The van der Waals surface area contributed by atoms with Gasteiger partial charge in [-0.2, -0.15) is 0 Å². The molecule has 0 saturated carbocycles. The van der Waals surface area contributed by atoms with Gasteiger partial charge in [-0.05, 0) is 49.0 Å². The minimum atomic E-state index is 0.0524. The van der Waals surface area contributed by atoms with Crippen LogP contribution < -0.4 is 10.1 Å². The fourth-order valence-electron chi connectivity index (χ4n) is 2.41. The van der Waals surface area contributed by atoms with Gasteiger partial charge in [0.25, 0.3) is 0 Å². The van der Waals surface area contributed by atoms with Crippen molar-refractivity contribution in [3.05, 3.63) is 51.7 Å². The monoisotopic (exact) mass is 332 g/mol. The van der Waals surface area contributed by atoms with Crippen LogP contribution in [0, 0.1) is 6.92 Å². The number of rotatable bonds is 8. The Labute approximate surface area is 142 Å². The molecule has 0 bridgehead atoms. The number of hydrogen-bond donors (Lipinski definition) is 1. The van der Waals surface area contributed by atoms with Gasteiger partial charge in [0.05, 0.1) is 13.7 Å². The number of benzene rings is 1. The van der Waals surface area contributed by atoms with E-state index in [1.165, 1.54) is 10.4 Å².